The van der Waals surface area contributed by atoms with Gasteiger partial charge in [0.15, 0.2) is 0 Å². The monoisotopic (exact) mass is 159 g/mol. The van der Waals surface area contributed by atoms with E-state index in [1.54, 1.807) is 0 Å². The van der Waals surface area contributed by atoms with E-state index in [4.69, 9.17) is 10.5 Å². The topological polar surface area (TPSA) is 52.3 Å². The molecule has 2 N–H and O–H groups in total. The second kappa shape index (κ2) is 4.34. The SMILES string of the molecule is NC(=O)CCOC1CCCC1.[HH]. The highest BCUT2D eigenvalue weighted by atomic mass is 16.5. The Morgan fingerprint density at radius 3 is 2.73 bits per heavy atom. The molecule has 66 valence electrons. The number of ether oxygens (including phenoxy) is 1. The standard InChI is InChI=1S/C8H15NO2.H2/c9-8(10)5-6-11-7-3-1-2-4-7;/h7H,1-6H2,(H2,9,10);1H. The summed E-state index contributed by atoms with van der Waals surface area (Å²) in [6.45, 7) is 0.500. The maximum atomic E-state index is 10.3. The Labute approximate surface area is 68.4 Å². The van der Waals surface area contributed by atoms with E-state index in [2.05, 4.69) is 0 Å². The van der Waals surface area contributed by atoms with Crippen LogP contribution in [0.1, 0.15) is 33.5 Å². The van der Waals surface area contributed by atoms with Gasteiger partial charge in [0.2, 0.25) is 5.91 Å². The van der Waals surface area contributed by atoms with E-state index in [0.29, 0.717) is 19.1 Å². The molecule has 3 heteroatoms. The molecule has 3 nitrogen and oxygen atoms in total. The summed E-state index contributed by atoms with van der Waals surface area (Å²) in [5, 5.41) is 0. The molecule has 0 unspecified atom stereocenters. The molecule has 1 saturated carbocycles. The molecule has 0 spiro atoms. The molecule has 0 aromatic rings. The largest absolute Gasteiger partial charge is 0.378 e. The summed E-state index contributed by atoms with van der Waals surface area (Å²) in [5.74, 6) is -0.275. The van der Waals surface area contributed by atoms with Gasteiger partial charge in [0.05, 0.1) is 12.7 Å². The first-order chi connectivity index (χ1) is 5.29. The molecule has 1 aliphatic carbocycles. The number of primary amides is 1. The Hall–Kier alpha value is -0.570. The molecule has 0 aromatic heterocycles. The summed E-state index contributed by atoms with van der Waals surface area (Å²) in [7, 11) is 0. The minimum absolute atomic E-state index is 0. The summed E-state index contributed by atoms with van der Waals surface area (Å²) in [6.07, 6.45) is 5.59. The normalized spacial score (nSPS) is 18.9. The van der Waals surface area contributed by atoms with Gasteiger partial charge < -0.3 is 10.5 Å². The van der Waals surface area contributed by atoms with Crippen LogP contribution in [0.3, 0.4) is 0 Å². The molecule has 0 saturated heterocycles. The lowest BCUT2D eigenvalue weighted by Crippen LogP contribution is -2.16. The zero-order valence-corrected chi connectivity index (χ0v) is 6.71. The number of hydrogen-bond donors (Lipinski definition) is 1. The Morgan fingerprint density at radius 2 is 2.18 bits per heavy atom. The average molecular weight is 159 g/mol. The number of rotatable bonds is 4. The van der Waals surface area contributed by atoms with Gasteiger partial charge >= 0.3 is 0 Å². The van der Waals surface area contributed by atoms with Gasteiger partial charge in [-0.05, 0) is 12.8 Å². The van der Waals surface area contributed by atoms with Crippen LogP contribution in [0.4, 0.5) is 0 Å². The van der Waals surface area contributed by atoms with Crippen molar-refractivity contribution in [2.24, 2.45) is 5.73 Å². The minimum Gasteiger partial charge on any atom is -0.378 e. The van der Waals surface area contributed by atoms with E-state index in [9.17, 15) is 4.79 Å². The van der Waals surface area contributed by atoms with E-state index in [0.717, 1.165) is 12.8 Å². The van der Waals surface area contributed by atoms with Crippen molar-refractivity contribution in [2.75, 3.05) is 6.61 Å². The number of hydrogen-bond acceptors (Lipinski definition) is 2. The molecule has 0 aliphatic heterocycles. The van der Waals surface area contributed by atoms with E-state index in [-0.39, 0.29) is 7.33 Å². The van der Waals surface area contributed by atoms with Crippen LogP contribution in [0.5, 0.6) is 0 Å². The average Bonchev–Trinajstić information content (AvgIpc) is 2.39. The second-order valence-electron chi connectivity index (χ2n) is 2.99. The van der Waals surface area contributed by atoms with Crippen LogP contribution in [-0.2, 0) is 9.53 Å². The quantitative estimate of drug-likeness (QED) is 0.667. The van der Waals surface area contributed by atoms with Crippen molar-refractivity contribution in [3.63, 3.8) is 0 Å². The Bertz CT molecular complexity index is 135. The zero-order valence-electron chi connectivity index (χ0n) is 6.71. The number of nitrogens with two attached hydrogens (primary N) is 1. The molecular weight excluding hydrogens is 142 g/mol. The highest BCUT2D eigenvalue weighted by Gasteiger charge is 2.14. The predicted octanol–water partition coefficient (Wildman–Crippen LogP) is 1.07. The number of amides is 1. The summed E-state index contributed by atoms with van der Waals surface area (Å²) in [4.78, 5) is 10.3. The molecule has 11 heavy (non-hydrogen) atoms. The van der Waals surface area contributed by atoms with E-state index in [1.165, 1.54) is 12.8 Å². The Balaban J connectivity index is 0.00000121. The van der Waals surface area contributed by atoms with Gasteiger partial charge in [0.25, 0.3) is 0 Å². The predicted molar refractivity (Wildman–Crippen MR) is 44.1 cm³/mol. The van der Waals surface area contributed by atoms with Gasteiger partial charge in [-0.3, -0.25) is 4.79 Å². The molecular formula is C8H17NO2. The van der Waals surface area contributed by atoms with Gasteiger partial charge in [-0.1, -0.05) is 12.8 Å². The Morgan fingerprint density at radius 1 is 1.55 bits per heavy atom. The third-order valence-electron chi connectivity index (χ3n) is 2.00. The van der Waals surface area contributed by atoms with Crippen LogP contribution in [0.2, 0.25) is 0 Å². The first-order valence-corrected chi connectivity index (χ1v) is 4.19. The maximum absolute atomic E-state index is 10.3. The van der Waals surface area contributed by atoms with Crippen molar-refractivity contribution in [1.29, 1.82) is 0 Å². The van der Waals surface area contributed by atoms with E-state index < -0.39 is 0 Å². The third-order valence-corrected chi connectivity index (χ3v) is 2.00. The molecule has 0 heterocycles. The van der Waals surface area contributed by atoms with Gasteiger partial charge in [-0.2, -0.15) is 0 Å². The fourth-order valence-corrected chi connectivity index (χ4v) is 1.38. The smallest absolute Gasteiger partial charge is 0.219 e. The van der Waals surface area contributed by atoms with Crippen molar-refractivity contribution in [2.45, 2.75) is 38.2 Å². The summed E-state index contributed by atoms with van der Waals surface area (Å²) in [5.41, 5.74) is 4.96. The fourth-order valence-electron chi connectivity index (χ4n) is 1.38. The summed E-state index contributed by atoms with van der Waals surface area (Å²) in [6, 6.07) is 0. The highest BCUT2D eigenvalue weighted by molar-refractivity contribution is 5.73. The number of carbonyl (C=O) groups excluding carboxylic acids is 1. The van der Waals surface area contributed by atoms with Crippen LogP contribution in [-0.4, -0.2) is 18.6 Å². The molecule has 1 amide bonds. The van der Waals surface area contributed by atoms with Gasteiger partial charge in [-0.15, -0.1) is 0 Å². The second-order valence-corrected chi connectivity index (χ2v) is 2.99. The van der Waals surface area contributed by atoms with Gasteiger partial charge in [-0.25, -0.2) is 0 Å². The molecule has 0 aromatic carbocycles. The molecule has 1 rings (SSSR count). The van der Waals surface area contributed by atoms with Gasteiger partial charge in [0.1, 0.15) is 0 Å². The van der Waals surface area contributed by atoms with Crippen molar-refractivity contribution in [3.05, 3.63) is 0 Å². The fraction of sp³-hybridized carbons (Fsp3) is 0.875. The van der Waals surface area contributed by atoms with Crippen LogP contribution in [0.15, 0.2) is 0 Å². The van der Waals surface area contributed by atoms with Crippen molar-refractivity contribution in [3.8, 4) is 0 Å². The van der Waals surface area contributed by atoms with E-state index in [1.807, 2.05) is 0 Å². The minimum atomic E-state index is -0.275. The molecule has 0 atom stereocenters. The summed E-state index contributed by atoms with van der Waals surface area (Å²) < 4.78 is 5.41. The molecule has 0 bridgehead atoms. The van der Waals surface area contributed by atoms with Crippen LogP contribution < -0.4 is 5.73 Å². The number of carbonyl (C=O) groups is 1. The van der Waals surface area contributed by atoms with Crippen molar-refractivity contribution in [1.82, 2.24) is 0 Å². The first kappa shape index (κ1) is 8.53. The van der Waals surface area contributed by atoms with Crippen molar-refractivity contribution >= 4 is 5.91 Å². The lowest BCUT2D eigenvalue weighted by Gasteiger charge is -2.08. The molecule has 1 fully saturated rings. The van der Waals surface area contributed by atoms with Crippen molar-refractivity contribution < 1.29 is 11.0 Å². The van der Waals surface area contributed by atoms with E-state index >= 15 is 0 Å². The first-order valence-electron chi connectivity index (χ1n) is 4.19. The lowest BCUT2D eigenvalue weighted by molar-refractivity contribution is -0.119. The zero-order chi connectivity index (χ0) is 8.10. The molecule has 0 radical (unpaired) electrons. The lowest BCUT2D eigenvalue weighted by atomic mass is 10.3. The summed E-state index contributed by atoms with van der Waals surface area (Å²) >= 11 is 0. The van der Waals surface area contributed by atoms with Crippen LogP contribution in [0.25, 0.3) is 0 Å². The highest BCUT2D eigenvalue weighted by Crippen LogP contribution is 2.20. The van der Waals surface area contributed by atoms with Crippen LogP contribution >= 0.6 is 0 Å². The Kier molecular flexibility index (Phi) is 3.36. The van der Waals surface area contributed by atoms with Gasteiger partial charge in [0, 0.05) is 7.85 Å². The maximum Gasteiger partial charge on any atom is 0.219 e. The molecule has 1 aliphatic rings. The third kappa shape index (κ3) is 3.37. The van der Waals surface area contributed by atoms with Crippen LogP contribution in [0, 0.1) is 0 Å².